The zero-order chi connectivity index (χ0) is 25.1. The van der Waals surface area contributed by atoms with Crippen molar-refractivity contribution in [3.63, 3.8) is 0 Å². The Balaban J connectivity index is 2.03. The zero-order valence-corrected chi connectivity index (χ0v) is 19.9. The van der Waals surface area contributed by atoms with Crippen molar-refractivity contribution in [2.45, 2.75) is 29.8 Å². The fraction of sp³-hybridized carbons (Fsp3) is 0.286. The number of aryl methyl sites for hydroxylation is 1. The summed E-state index contributed by atoms with van der Waals surface area (Å²) in [5.74, 6) is -0.364. The van der Waals surface area contributed by atoms with Crippen molar-refractivity contribution in [2.24, 2.45) is 7.05 Å². The molecule has 0 fully saturated rings. The van der Waals surface area contributed by atoms with E-state index in [0.717, 1.165) is 12.3 Å². The van der Waals surface area contributed by atoms with Gasteiger partial charge in [0.1, 0.15) is 11.4 Å². The van der Waals surface area contributed by atoms with E-state index in [0.29, 0.717) is 10.9 Å². The number of sulfone groups is 2. The lowest BCUT2D eigenvalue weighted by Gasteiger charge is -2.12. The second kappa shape index (κ2) is 8.01. The summed E-state index contributed by atoms with van der Waals surface area (Å²) in [5.41, 5.74) is -0.628. The van der Waals surface area contributed by atoms with Crippen LogP contribution in [0.15, 0.2) is 46.3 Å². The van der Waals surface area contributed by atoms with Gasteiger partial charge < -0.3 is 4.57 Å². The van der Waals surface area contributed by atoms with Gasteiger partial charge in [0.25, 0.3) is 0 Å². The number of fused-ring (bicyclic) bond motifs is 2. The molecule has 4 rings (SSSR count). The Hall–Kier alpha value is -3.06. The molecule has 0 bridgehead atoms. The number of hydrogen-bond acceptors (Lipinski definition) is 7. The molecule has 0 aliphatic heterocycles. The maximum atomic E-state index is 13.1. The highest BCUT2D eigenvalue weighted by atomic mass is 32.2. The smallest absolute Gasteiger partial charge is 0.324 e. The minimum atomic E-state index is -4.67. The molecule has 0 amide bonds. The minimum absolute atomic E-state index is 0.0223. The van der Waals surface area contributed by atoms with E-state index in [4.69, 9.17) is 0 Å². The van der Waals surface area contributed by atoms with Gasteiger partial charge in [-0.2, -0.15) is 13.2 Å². The van der Waals surface area contributed by atoms with Crippen molar-refractivity contribution in [2.75, 3.05) is 11.5 Å². The second-order valence-corrected chi connectivity index (χ2v) is 12.1. The van der Waals surface area contributed by atoms with Crippen molar-refractivity contribution in [3.8, 4) is 11.5 Å². The molecule has 13 heteroatoms. The minimum Gasteiger partial charge on any atom is -0.324 e. The number of halogens is 3. The first-order chi connectivity index (χ1) is 15.8. The van der Waals surface area contributed by atoms with Crippen LogP contribution in [0.25, 0.3) is 33.5 Å². The Morgan fingerprint density at radius 2 is 1.59 bits per heavy atom. The molecule has 0 radical (unpaired) electrons. The first kappa shape index (κ1) is 24.1. The predicted octanol–water partition coefficient (Wildman–Crippen LogP) is 3.79. The molecule has 0 aliphatic carbocycles. The third-order valence-electron chi connectivity index (χ3n) is 5.47. The van der Waals surface area contributed by atoms with E-state index in [1.54, 1.807) is 0 Å². The Morgan fingerprint density at radius 1 is 0.912 bits per heavy atom. The molecule has 1 aromatic carbocycles. The standard InChI is InChI=1S/C21H19F3N4O4S2/c1-4-33(29,30)13-6-7-14-12(8-13)9-17(34(31,32)5-2)19(26-14)20-27-15-10-18(21(22,23)24)25-11-16(15)28(20)3/h6-11H,4-5H2,1-3H3. The molecule has 0 atom stereocenters. The number of benzene rings is 1. The molecule has 0 unspecified atom stereocenters. The van der Waals surface area contributed by atoms with E-state index in [1.807, 2.05) is 0 Å². The van der Waals surface area contributed by atoms with Gasteiger partial charge in [0, 0.05) is 12.4 Å². The first-order valence-electron chi connectivity index (χ1n) is 10.1. The molecular weight excluding hydrogens is 493 g/mol. The summed E-state index contributed by atoms with van der Waals surface area (Å²) in [6, 6.07) is 6.30. The van der Waals surface area contributed by atoms with Crippen molar-refractivity contribution >= 4 is 41.6 Å². The molecular formula is C21H19F3N4O4S2. The van der Waals surface area contributed by atoms with Crippen LogP contribution in [-0.2, 0) is 32.9 Å². The summed E-state index contributed by atoms with van der Waals surface area (Å²) in [4.78, 5) is 12.0. The topological polar surface area (TPSA) is 112 Å². The molecule has 3 aromatic heterocycles. The lowest BCUT2D eigenvalue weighted by Crippen LogP contribution is -2.09. The number of alkyl halides is 3. The molecule has 3 heterocycles. The largest absolute Gasteiger partial charge is 0.433 e. The first-order valence-corrected chi connectivity index (χ1v) is 13.4. The molecule has 180 valence electrons. The second-order valence-electron chi connectivity index (χ2n) is 7.55. The van der Waals surface area contributed by atoms with E-state index >= 15 is 0 Å². The van der Waals surface area contributed by atoms with Crippen LogP contribution in [0.3, 0.4) is 0 Å². The summed E-state index contributed by atoms with van der Waals surface area (Å²) in [6.45, 7) is 2.94. The third-order valence-corrected chi connectivity index (χ3v) is 8.95. The molecule has 0 saturated heterocycles. The van der Waals surface area contributed by atoms with E-state index < -0.39 is 31.5 Å². The summed E-state index contributed by atoms with van der Waals surface area (Å²) in [6.07, 6.45) is -3.65. The highest BCUT2D eigenvalue weighted by molar-refractivity contribution is 7.91. The maximum absolute atomic E-state index is 13.1. The quantitative estimate of drug-likeness (QED) is 0.400. The molecule has 34 heavy (non-hydrogen) atoms. The fourth-order valence-corrected chi connectivity index (χ4v) is 5.47. The Morgan fingerprint density at radius 3 is 2.21 bits per heavy atom. The van der Waals surface area contributed by atoms with Gasteiger partial charge in [0.05, 0.1) is 44.0 Å². The van der Waals surface area contributed by atoms with Gasteiger partial charge in [-0.15, -0.1) is 0 Å². The SMILES string of the molecule is CCS(=O)(=O)c1ccc2nc(-c3nc4cc(C(F)(F)F)ncc4n3C)c(S(=O)(=O)CC)cc2c1. The number of aromatic nitrogens is 4. The highest BCUT2D eigenvalue weighted by Gasteiger charge is 2.33. The third kappa shape index (κ3) is 4.02. The number of rotatable bonds is 5. The van der Waals surface area contributed by atoms with Crippen LogP contribution in [-0.4, -0.2) is 47.9 Å². The van der Waals surface area contributed by atoms with Crippen molar-refractivity contribution in [3.05, 3.63) is 42.2 Å². The van der Waals surface area contributed by atoms with Crippen LogP contribution >= 0.6 is 0 Å². The van der Waals surface area contributed by atoms with E-state index in [9.17, 15) is 30.0 Å². The van der Waals surface area contributed by atoms with Gasteiger partial charge >= 0.3 is 6.18 Å². The summed E-state index contributed by atoms with van der Waals surface area (Å²) in [7, 11) is -5.89. The van der Waals surface area contributed by atoms with Crippen LogP contribution in [0, 0.1) is 0 Å². The Bertz CT molecular complexity index is 1660. The average Bonchev–Trinajstić information content (AvgIpc) is 3.13. The zero-order valence-electron chi connectivity index (χ0n) is 18.3. The molecule has 0 saturated carbocycles. The molecule has 4 aromatic rings. The van der Waals surface area contributed by atoms with E-state index in [2.05, 4.69) is 15.0 Å². The van der Waals surface area contributed by atoms with Gasteiger partial charge in [-0.05, 0) is 30.3 Å². The lowest BCUT2D eigenvalue weighted by molar-refractivity contribution is -0.141. The van der Waals surface area contributed by atoms with Gasteiger partial charge in [-0.1, -0.05) is 13.8 Å². The number of hydrogen-bond donors (Lipinski definition) is 0. The monoisotopic (exact) mass is 512 g/mol. The lowest BCUT2D eigenvalue weighted by atomic mass is 10.2. The Labute approximate surface area is 193 Å². The average molecular weight is 513 g/mol. The highest BCUT2D eigenvalue weighted by Crippen LogP contribution is 2.34. The summed E-state index contributed by atoms with van der Waals surface area (Å²) in [5, 5.41) is 0.296. The van der Waals surface area contributed by atoms with Crippen molar-refractivity contribution in [1.82, 2.24) is 19.5 Å². The number of imidazole rings is 1. The maximum Gasteiger partial charge on any atom is 0.433 e. The molecule has 0 spiro atoms. The van der Waals surface area contributed by atoms with E-state index in [1.165, 1.54) is 49.7 Å². The van der Waals surface area contributed by atoms with Crippen LogP contribution in [0.1, 0.15) is 19.5 Å². The fourth-order valence-electron chi connectivity index (χ4n) is 3.50. The predicted molar refractivity (Wildman–Crippen MR) is 120 cm³/mol. The molecule has 0 aliphatic rings. The van der Waals surface area contributed by atoms with Gasteiger partial charge in [0.2, 0.25) is 0 Å². The van der Waals surface area contributed by atoms with Gasteiger partial charge in [-0.3, -0.25) is 0 Å². The summed E-state index contributed by atoms with van der Waals surface area (Å²) < 4.78 is 91.1. The number of nitrogens with zero attached hydrogens (tertiary/aromatic N) is 4. The van der Waals surface area contributed by atoms with Gasteiger partial charge in [-0.25, -0.2) is 31.8 Å². The molecule has 0 N–H and O–H groups in total. The van der Waals surface area contributed by atoms with Gasteiger partial charge in [0.15, 0.2) is 25.5 Å². The van der Waals surface area contributed by atoms with Crippen LogP contribution in [0.4, 0.5) is 13.2 Å². The summed E-state index contributed by atoms with van der Waals surface area (Å²) >= 11 is 0. The molecule has 8 nitrogen and oxygen atoms in total. The van der Waals surface area contributed by atoms with Crippen LogP contribution < -0.4 is 0 Å². The van der Waals surface area contributed by atoms with Crippen LogP contribution in [0.2, 0.25) is 0 Å². The van der Waals surface area contributed by atoms with Crippen molar-refractivity contribution in [1.29, 1.82) is 0 Å². The Kier molecular flexibility index (Phi) is 5.67. The van der Waals surface area contributed by atoms with E-state index in [-0.39, 0.29) is 43.8 Å². The number of pyridine rings is 2. The normalized spacial score (nSPS) is 13.1. The van der Waals surface area contributed by atoms with Crippen molar-refractivity contribution < 1.29 is 30.0 Å². The van der Waals surface area contributed by atoms with Crippen LogP contribution in [0.5, 0.6) is 0 Å².